The van der Waals surface area contributed by atoms with Crippen LogP contribution in [0.1, 0.15) is 45.4 Å². The number of ether oxygens (including phenoxy) is 2. The van der Waals surface area contributed by atoms with Gasteiger partial charge in [0.1, 0.15) is 22.1 Å². The Morgan fingerprint density at radius 1 is 1.08 bits per heavy atom. The number of carbonyl (C=O) groups is 2. The number of hydrogen-bond acceptors (Lipinski definition) is 7. The fraction of sp³-hybridized carbons (Fsp3) is 0.520. The SMILES string of the molecule is CCOc1ccc(-c2ccc(S(=O)(=O)N[C@@H](C(=O)O)C3CCN(C(=O)OC4CCCC4)CC3)s2)cc1. The second-order valence-electron chi connectivity index (χ2n) is 9.13. The molecular weight excluding hydrogens is 504 g/mol. The van der Waals surface area contributed by atoms with Gasteiger partial charge in [0.15, 0.2) is 0 Å². The van der Waals surface area contributed by atoms with Crippen LogP contribution in [0.15, 0.2) is 40.6 Å². The third-order valence-corrected chi connectivity index (χ3v) is 9.75. The Bertz CT molecular complexity index is 1150. The molecule has 11 heteroatoms. The van der Waals surface area contributed by atoms with Crippen molar-refractivity contribution in [2.75, 3.05) is 19.7 Å². The molecule has 2 fully saturated rings. The zero-order valence-electron chi connectivity index (χ0n) is 20.2. The summed E-state index contributed by atoms with van der Waals surface area (Å²) in [6, 6.07) is 9.26. The van der Waals surface area contributed by atoms with Gasteiger partial charge < -0.3 is 19.5 Å². The van der Waals surface area contributed by atoms with Crippen molar-refractivity contribution >= 4 is 33.4 Å². The van der Waals surface area contributed by atoms with E-state index in [0.717, 1.165) is 53.2 Å². The van der Waals surface area contributed by atoms with E-state index < -0.39 is 28.0 Å². The minimum Gasteiger partial charge on any atom is -0.494 e. The number of rotatable bonds is 9. The molecule has 1 saturated heterocycles. The molecule has 196 valence electrons. The van der Waals surface area contributed by atoms with E-state index in [-0.39, 0.29) is 16.4 Å². The second kappa shape index (κ2) is 11.6. The number of carbonyl (C=O) groups excluding carboxylic acids is 1. The van der Waals surface area contributed by atoms with Crippen molar-refractivity contribution < 1.29 is 32.6 Å². The molecule has 1 aromatic heterocycles. The summed E-state index contributed by atoms with van der Waals surface area (Å²) in [6.45, 7) is 3.13. The van der Waals surface area contributed by atoms with E-state index in [4.69, 9.17) is 9.47 Å². The van der Waals surface area contributed by atoms with Crippen LogP contribution >= 0.6 is 11.3 Å². The molecule has 0 radical (unpaired) electrons. The normalized spacial score (nSPS) is 18.2. The van der Waals surface area contributed by atoms with Crippen molar-refractivity contribution in [3.8, 4) is 16.2 Å². The smallest absolute Gasteiger partial charge is 0.410 e. The number of nitrogens with one attached hydrogen (secondary N) is 1. The van der Waals surface area contributed by atoms with Crippen LogP contribution in [0, 0.1) is 5.92 Å². The molecule has 1 saturated carbocycles. The van der Waals surface area contributed by atoms with Crippen molar-refractivity contribution in [1.82, 2.24) is 9.62 Å². The van der Waals surface area contributed by atoms with Gasteiger partial charge in [0.05, 0.1) is 6.61 Å². The molecule has 0 spiro atoms. The molecule has 2 aromatic rings. The zero-order chi connectivity index (χ0) is 25.7. The van der Waals surface area contributed by atoms with E-state index in [0.29, 0.717) is 32.5 Å². The number of carboxylic acid groups (broad SMARTS) is 1. The molecule has 1 aliphatic heterocycles. The van der Waals surface area contributed by atoms with E-state index in [1.54, 1.807) is 11.0 Å². The maximum absolute atomic E-state index is 13.1. The van der Waals surface area contributed by atoms with Crippen molar-refractivity contribution in [3.63, 3.8) is 0 Å². The lowest BCUT2D eigenvalue weighted by atomic mass is 9.90. The second-order valence-corrected chi connectivity index (χ2v) is 12.2. The third kappa shape index (κ3) is 6.37. The molecule has 0 bridgehead atoms. The summed E-state index contributed by atoms with van der Waals surface area (Å²) < 4.78 is 39.6. The molecule has 1 aromatic carbocycles. The van der Waals surface area contributed by atoms with E-state index in [1.165, 1.54) is 6.07 Å². The quantitative estimate of drug-likeness (QED) is 0.489. The lowest BCUT2D eigenvalue weighted by Gasteiger charge is -2.34. The summed E-state index contributed by atoms with van der Waals surface area (Å²) in [5, 5.41) is 9.81. The highest BCUT2D eigenvalue weighted by atomic mass is 32.2. The number of thiophene rings is 1. The summed E-state index contributed by atoms with van der Waals surface area (Å²) in [6.07, 6.45) is 4.24. The highest BCUT2D eigenvalue weighted by Gasteiger charge is 2.37. The van der Waals surface area contributed by atoms with Crippen LogP contribution in [0.3, 0.4) is 0 Å². The van der Waals surface area contributed by atoms with Gasteiger partial charge in [-0.15, -0.1) is 11.3 Å². The van der Waals surface area contributed by atoms with Gasteiger partial charge in [-0.3, -0.25) is 4.79 Å². The Kier molecular flexibility index (Phi) is 8.53. The van der Waals surface area contributed by atoms with Gasteiger partial charge in [-0.25, -0.2) is 13.2 Å². The van der Waals surface area contributed by atoms with Crippen LogP contribution in [0.2, 0.25) is 0 Å². The number of amides is 1. The summed E-state index contributed by atoms with van der Waals surface area (Å²) in [5.41, 5.74) is 0.844. The van der Waals surface area contributed by atoms with Gasteiger partial charge in [0.2, 0.25) is 0 Å². The minimum atomic E-state index is -4.05. The van der Waals surface area contributed by atoms with Crippen molar-refractivity contribution in [2.24, 2.45) is 5.92 Å². The zero-order valence-corrected chi connectivity index (χ0v) is 21.9. The predicted octanol–water partition coefficient (Wildman–Crippen LogP) is 4.34. The lowest BCUT2D eigenvalue weighted by Crippen LogP contribution is -2.50. The van der Waals surface area contributed by atoms with E-state index in [2.05, 4.69) is 4.72 Å². The van der Waals surface area contributed by atoms with E-state index in [1.807, 2.05) is 31.2 Å². The number of likely N-dealkylation sites (tertiary alicyclic amines) is 1. The molecule has 2 aliphatic rings. The Morgan fingerprint density at radius 2 is 1.75 bits per heavy atom. The summed E-state index contributed by atoms with van der Waals surface area (Å²) in [4.78, 5) is 26.8. The Labute approximate surface area is 215 Å². The van der Waals surface area contributed by atoms with Crippen LogP contribution < -0.4 is 9.46 Å². The highest BCUT2D eigenvalue weighted by Crippen LogP contribution is 2.32. The average molecular weight is 537 g/mol. The molecule has 1 atom stereocenters. The van der Waals surface area contributed by atoms with Crippen LogP contribution in [-0.2, 0) is 19.6 Å². The third-order valence-electron chi connectivity index (χ3n) is 6.68. The largest absolute Gasteiger partial charge is 0.494 e. The van der Waals surface area contributed by atoms with Crippen LogP contribution in [0.4, 0.5) is 4.79 Å². The molecule has 2 heterocycles. The summed E-state index contributed by atoms with van der Waals surface area (Å²) >= 11 is 1.08. The number of sulfonamides is 1. The van der Waals surface area contributed by atoms with E-state index >= 15 is 0 Å². The maximum atomic E-state index is 13.1. The number of nitrogens with zero attached hydrogens (tertiary/aromatic N) is 1. The van der Waals surface area contributed by atoms with Crippen molar-refractivity contribution in [2.45, 2.75) is 61.8 Å². The molecule has 9 nitrogen and oxygen atoms in total. The van der Waals surface area contributed by atoms with Gasteiger partial charge >= 0.3 is 12.1 Å². The molecule has 36 heavy (non-hydrogen) atoms. The summed E-state index contributed by atoms with van der Waals surface area (Å²) in [7, 11) is -4.05. The number of piperidine rings is 1. The lowest BCUT2D eigenvalue weighted by molar-refractivity contribution is -0.140. The molecule has 4 rings (SSSR count). The first-order valence-electron chi connectivity index (χ1n) is 12.3. The van der Waals surface area contributed by atoms with Crippen LogP contribution in [0.5, 0.6) is 5.75 Å². The van der Waals surface area contributed by atoms with Gasteiger partial charge in [-0.2, -0.15) is 4.72 Å². The standard InChI is InChI=1S/C25H32N2O7S2/c1-2-33-19-9-7-17(8-10-19)21-11-12-22(35-21)36(31,32)26-23(24(28)29)18-13-15-27(16-14-18)25(30)34-20-5-3-4-6-20/h7-12,18,20,23,26H,2-6,13-16H2,1H3,(H,28,29)/t23-/m1/s1. The summed E-state index contributed by atoms with van der Waals surface area (Å²) in [5.74, 6) is -0.929. The van der Waals surface area contributed by atoms with Crippen molar-refractivity contribution in [3.05, 3.63) is 36.4 Å². The van der Waals surface area contributed by atoms with Crippen LogP contribution in [0.25, 0.3) is 10.4 Å². The fourth-order valence-electron chi connectivity index (χ4n) is 4.71. The predicted molar refractivity (Wildman–Crippen MR) is 136 cm³/mol. The Hall–Kier alpha value is -2.63. The molecule has 1 amide bonds. The first-order valence-corrected chi connectivity index (χ1v) is 14.6. The molecule has 2 N–H and O–H groups in total. The number of carboxylic acids is 1. The number of hydrogen-bond donors (Lipinski definition) is 2. The van der Waals surface area contributed by atoms with Gasteiger partial charge in [-0.05, 0) is 93.3 Å². The van der Waals surface area contributed by atoms with Gasteiger partial charge in [0.25, 0.3) is 10.0 Å². The van der Waals surface area contributed by atoms with Gasteiger partial charge in [0, 0.05) is 18.0 Å². The number of aliphatic carboxylic acids is 1. The molecule has 0 unspecified atom stereocenters. The number of benzene rings is 1. The maximum Gasteiger partial charge on any atom is 0.410 e. The molecular formula is C25H32N2O7S2. The highest BCUT2D eigenvalue weighted by molar-refractivity contribution is 7.91. The first-order chi connectivity index (χ1) is 17.3. The Balaban J connectivity index is 1.38. The minimum absolute atomic E-state index is 0.0351. The Morgan fingerprint density at radius 3 is 2.36 bits per heavy atom. The van der Waals surface area contributed by atoms with Gasteiger partial charge in [-0.1, -0.05) is 0 Å². The molecule has 1 aliphatic carbocycles. The van der Waals surface area contributed by atoms with E-state index in [9.17, 15) is 23.1 Å². The average Bonchev–Trinajstić information content (AvgIpc) is 3.56. The monoisotopic (exact) mass is 536 g/mol. The van der Waals surface area contributed by atoms with Crippen molar-refractivity contribution in [1.29, 1.82) is 0 Å². The van der Waals surface area contributed by atoms with Crippen LogP contribution in [-0.4, -0.2) is 62.3 Å². The first kappa shape index (κ1) is 26.4. The fourth-order valence-corrected chi connectivity index (χ4v) is 7.30. The topological polar surface area (TPSA) is 122 Å².